The average molecular weight is 233 g/mol. The number of aromatic hydroxyl groups is 1. The van der Waals surface area contributed by atoms with Gasteiger partial charge in [-0.25, -0.2) is 0 Å². The zero-order chi connectivity index (χ0) is 12.3. The molecule has 90 valence electrons. The largest absolute Gasteiger partial charge is 0.504 e. The Morgan fingerprint density at radius 2 is 2.29 bits per heavy atom. The maximum absolute atomic E-state index is 9.46. The Morgan fingerprint density at radius 3 is 2.94 bits per heavy atom. The van der Waals surface area contributed by atoms with Crippen LogP contribution in [0.2, 0.25) is 0 Å². The van der Waals surface area contributed by atoms with Crippen LogP contribution in [0.15, 0.2) is 30.6 Å². The van der Waals surface area contributed by atoms with Gasteiger partial charge in [-0.2, -0.15) is 5.10 Å². The summed E-state index contributed by atoms with van der Waals surface area (Å²) in [6.45, 7) is 0.655. The first-order valence-corrected chi connectivity index (χ1v) is 5.27. The average Bonchev–Trinajstić information content (AvgIpc) is 2.74. The molecule has 0 saturated heterocycles. The number of nitrogens with one attached hydrogen (secondary N) is 1. The second-order valence-electron chi connectivity index (χ2n) is 3.76. The molecule has 2 rings (SSSR count). The highest BCUT2D eigenvalue weighted by Crippen LogP contribution is 2.26. The highest BCUT2D eigenvalue weighted by molar-refractivity contribution is 5.44. The number of nitrogens with zero attached hydrogens (tertiary/aromatic N) is 2. The summed E-state index contributed by atoms with van der Waals surface area (Å²) in [5.41, 5.74) is 1.99. The van der Waals surface area contributed by atoms with Crippen molar-refractivity contribution in [3.63, 3.8) is 0 Å². The van der Waals surface area contributed by atoms with E-state index in [4.69, 9.17) is 4.74 Å². The molecule has 0 saturated carbocycles. The van der Waals surface area contributed by atoms with Gasteiger partial charge in [-0.3, -0.25) is 4.68 Å². The molecule has 1 aromatic heterocycles. The first-order chi connectivity index (χ1) is 8.19. The zero-order valence-corrected chi connectivity index (χ0v) is 9.84. The summed E-state index contributed by atoms with van der Waals surface area (Å²) in [6.07, 6.45) is 3.66. The number of ether oxygens (including phenoxy) is 1. The number of phenols is 1. The smallest absolute Gasteiger partial charge is 0.160 e. The van der Waals surface area contributed by atoms with Gasteiger partial charge >= 0.3 is 0 Å². The van der Waals surface area contributed by atoms with Crippen molar-refractivity contribution in [2.24, 2.45) is 7.05 Å². The lowest BCUT2D eigenvalue weighted by molar-refractivity contribution is 0.373. The van der Waals surface area contributed by atoms with E-state index in [1.807, 2.05) is 19.3 Å². The molecule has 0 fully saturated rings. The number of aromatic nitrogens is 2. The molecular weight excluding hydrogens is 218 g/mol. The van der Waals surface area contributed by atoms with E-state index in [0.717, 1.165) is 11.3 Å². The molecule has 0 amide bonds. The lowest BCUT2D eigenvalue weighted by atomic mass is 10.2. The van der Waals surface area contributed by atoms with Crippen molar-refractivity contribution in [2.45, 2.75) is 6.54 Å². The van der Waals surface area contributed by atoms with E-state index in [9.17, 15) is 5.11 Å². The third-order valence-electron chi connectivity index (χ3n) is 2.45. The van der Waals surface area contributed by atoms with Crippen LogP contribution in [0.3, 0.4) is 0 Å². The van der Waals surface area contributed by atoms with Crippen LogP contribution in [0, 0.1) is 0 Å². The third kappa shape index (κ3) is 2.69. The van der Waals surface area contributed by atoms with Gasteiger partial charge in [0.25, 0.3) is 0 Å². The summed E-state index contributed by atoms with van der Waals surface area (Å²) in [6, 6.07) is 5.28. The first-order valence-electron chi connectivity index (χ1n) is 5.27. The van der Waals surface area contributed by atoms with E-state index in [1.165, 1.54) is 7.11 Å². The number of rotatable bonds is 4. The summed E-state index contributed by atoms with van der Waals surface area (Å²) < 4.78 is 6.78. The molecule has 5 heteroatoms. The van der Waals surface area contributed by atoms with E-state index >= 15 is 0 Å². The van der Waals surface area contributed by atoms with Gasteiger partial charge in [0.2, 0.25) is 0 Å². The molecule has 1 heterocycles. The Bertz CT molecular complexity index is 508. The van der Waals surface area contributed by atoms with Crippen LogP contribution < -0.4 is 10.1 Å². The second kappa shape index (κ2) is 4.78. The van der Waals surface area contributed by atoms with Crippen LogP contribution in [-0.4, -0.2) is 22.0 Å². The van der Waals surface area contributed by atoms with Crippen molar-refractivity contribution in [3.8, 4) is 11.5 Å². The number of aryl methyl sites for hydroxylation is 1. The number of hydrogen-bond acceptors (Lipinski definition) is 4. The summed E-state index contributed by atoms with van der Waals surface area (Å²) in [5.74, 6) is 0.633. The summed E-state index contributed by atoms with van der Waals surface area (Å²) in [5, 5.41) is 16.8. The van der Waals surface area contributed by atoms with Crippen LogP contribution in [0.5, 0.6) is 11.5 Å². The van der Waals surface area contributed by atoms with Gasteiger partial charge in [0.05, 0.1) is 19.0 Å². The van der Waals surface area contributed by atoms with Crippen LogP contribution in [-0.2, 0) is 13.6 Å². The van der Waals surface area contributed by atoms with Crippen molar-refractivity contribution in [1.29, 1.82) is 0 Å². The Hall–Kier alpha value is -2.17. The van der Waals surface area contributed by atoms with Crippen molar-refractivity contribution in [2.75, 3.05) is 12.4 Å². The van der Waals surface area contributed by atoms with Crippen molar-refractivity contribution < 1.29 is 9.84 Å². The van der Waals surface area contributed by atoms with Gasteiger partial charge in [-0.15, -0.1) is 0 Å². The normalized spacial score (nSPS) is 10.2. The fraction of sp³-hybridized carbons (Fsp3) is 0.250. The predicted molar refractivity (Wildman–Crippen MR) is 65.2 cm³/mol. The Kier molecular flexibility index (Phi) is 3.18. The molecule has 0 radical (unpaired) electrons. The van der Waals surface area contributed by atoms with Gasteiger partial charge in [-0.1, -0.05) is 6.07 Å². The molecule has 0 atom stereocenters. The van der Waals surface area contributed by atoms with Gasteiger partial charge in [0.1, 0.15) is 0 Å². The Morgan fingerprint density at radius 1 is 1.47 bits per heavy atom. The monoisotopic (exact) mass is 233 g/mol. The summed E-state index contributed by atoms with van der Waals surface area (Å²) >= 11 is 0. The molecule has 0 aliphatic rings. The molecular formula is C12H15N3O2. The quantitative estimate of drug-likeness (QED) is 0.844. The van der Waals surface area contributed by atoms with Crippen molar-refractivity contribution in [3.05, 3.63) is 36.2 Å². The SMILES string of the molecule is COc1cc(CNc2cnn(C)c2)ccc1O. The number of phenolic OH excluding ortho intramolecular Hbond substituents is 1. The van der Waals surface area contributed by atoms with E-state index in [2.05, 4.69) is 10.4 Å². The van der Waals surface area contributed by atoms with E-state index < -0.39 is 0 Å². The highest BCUT2D eigenvalue weighted by Gasteiger charge is 2.02. The van der Waals surface area contributed by atoms with Crippen LogP contribution >= 0.6 is 0 Å². The number of hydrogen-bond donors (Lipinski definition) is 2. The summed E-state index contributed by atoms with van der Waals surface area (Å²) in [4.78, 5) is 0. The molecule has 1 aromatic carbocycles. The van der Waals surface area contributed by atoms with Crippen molar-refractivity contribution >= 4 is 5.69 Å². The van der Waals surface area contributed by atoms with E-state index in [0.29, 0.717) is 12.3 Å². The zero-order valence-electron chi connectivity index (χ0n) is 9.84. The highest BCUT2D eigenvalue weighted by atomic mass is 16.5. The number of benzene rings is 1. The van der Waals surface area contributed by atoms with Crippen LogP contribution in [0.4, 0.5) is 5.69 Å². The predicted octanol–water partition coefficient (Wildman–Crippen LogP) is 1.75. The maximum Gasteiger partial charge on any atom is 0.160 e. The van der Waals surface area contributed by atoms with Gasteiger partial charge in [0, 0.05) is 19.8 Å². The van der Waals surface area contributed by atoms with Crippen LogP contribution in [0.1, 0.15) is 5.56 Å². The molecule has 2 N–H and O–H groups in total. The minimum Gasteiger partial charge on any atom is -0.504 e. The number of methoxy groups -OCH3 is 1. The summed E-state index contributed by atoms with van der Waals surface area (Å²) in [7, 11) is 3.40. The van der Waals surface area contributed by atoms with Gasteiger partial charge in [0.15, 0.2) is 11.5 Å². The first kappa shape index (κ1) is 11.3. The molecule has 0 bridgehead atoms. The minimum atomic E-state index is 0.151. The fourth-order valence-electron chi connectivity index (χ4n) is 1.55. The lowest BCUT2D eigenvalue weighted by Crippen LogP contribution is -1.98. The second-order valence-corrected chi connectivity index (χ2v) is 3.76. The molecule has 0 aliphatic heterocycles. The standard InChI is InChI=1S/C12H15N3O2/c1-15-8-10(7-14-15)13-6-9-3-4-11(16)12(5-9)17-2/h3-5,7-8,13,16H,6H2,1-2H3. The van der Waals surface area contributed by atoms with E-state index in [1.54, 1.807) is 23.0 Å². The maximum atomic E-state index is 9.46. The van der Waals surface area contributed by atoms with Gasteiger partial charge in [-0.05, 0) is 17.7 Å². The topological polar surface area (TPSA) is 59.3 Å². The molecule has 0 aliphatic carbocycles. The molecule has 0 unspecified atom stereocenters. The Labute approximate surface area is 99.6 Å². The molecule has 0 spiro atoms. The van der Waals surface area contributed by atoms with E-state index in [-0.39, 0.29) is 5.75 Å². The van der Waals surface area contributed by atoms with Crippen LogP contribution in [0.25, 0.3) is 0 Å². The van der Waals surface area contributed by atoms with Gasteiger partial charge < -0.3 is 15.2 Å². The third-order valence-corrected chi connectivity index (χ3v) is 2.45. The number of anilines is 1. The molecule has 17 heavy (non-hydrogen) atoms. The minimum absolute atomic E-state index is 0.151. The lowest BCUT2D eigenvalue weighted by Gasteiger charge is -2.07. The fourth-order valence-corrected chi connectivity index (χ4v) is 1.55. The van der Waals surface area contributed by atoms with Crippen molar-refractivity contribution in [1.82, 2.24) is 9.78 Å². The molecule has 2 aromatic rings. The molecule has 5 nitrogen and oxygen atoms in total. The Balaban J connectivity index is 2.04.